The number of benzene rings is 2. The van der Waals surface area contributed by atoms with Gasteiger partial charge in [-0.05, 0) is 64.0 Å². The lowest BCUT2D eigenvalue weighted by molar-refractivity contribution is -0.130. The van der Waals surface area contributed by atoms with Gasteiger partial charge < -0.3 is 24.8 Å². The number of carbonyl (C=O) groups is 2. The highest BCUT2D eigenvalue weighted by Crippen LogP contribution is 2.27. The molecule has 2 amide bonds. The Morgan fingerprint density at radius 3 is 2.44 bits per heavy atom. The van der Waals surface area contributed by atoms with Crippen LogP contribution in [0.15, 0.2) is 48.5 Å². The molecule has 1 N–H and O–H groups in total. The molecule has 3 rings (SSSR count). The lowest BCUT2D eigenvalue weighted by atomic mass is 9.98. The molecule has 1 heterocycles. The van der Waals surface area contributed by atoms with Crippen molar-refractivity contribution in [2.45, 2.75) is 45.9 Å². The maximum Gasteiger partial charge on any atom is 0.410 e. The minimum atomic E-state index is -0.531. The van der Waals surface area contributed by atoms with Crippen molar-refractivity contribution in [2.75, 3.05) is 45.6 Å². The summed E-state index contributed by atoms with van der Waals surface area (Å²) < 4.78 is 5.57. The van der Waals surface area contributed by atoms with Crippen LogP contribution in [0.4, 0.5) is 10.5 Å². The number of fused-ring (bicyclic) bond motifs is 1. The van der Waals surface area contributed by atoms with Gasteiger partial charge in [-0.2, -0.15) is 0 Å². The summed E-state index contributed by atoms with van der Waals surface area (Å²) in [5.74, 6) is 0.0445. The lowest BCUT2D eigenvalue weighted by Crippen LogP contribution is -2.41. The van der Waals surface area contributed by atoms with Crippen LogP contribution in [0.2, 0.25) is 0 Å². The Kier molecular flexibility index (Phi) is 8.56. The first-order valence-electron chi connectivity index (χ1n) is 11.9. The second kappa shape index (κ2) is 11.4. The van der Waals surface area contributed by atoms with Gasteiger partial charge in [0.1, 0.15) is 5.60 Å². The molecule has 0 spiro atoms. The first kappa shape index (κ1) is 25.6. The fourth-order valence-corrected chi connectivity index (χ4v) is 3.93. The van der Waals surface area contributed by atoms with Gasteiger partial charge in [0.2, 0.25) is 5.91 Å². The third kappa shape index (κ3) is 7.48. The van der Waals surface area contributed by atoms with E-state index in [1.165, 1.54) is 5.56 Å². The zero-order valence-corrected chi connectivity index (χ0v) is 21.1. The second-order valence-electron chi connectivity index (χ2n) is 10.1. The number of nitrogens with one attached hydrogen (secondary N) is 1. The van der Waals surface area contributed by atoms with Crippen LogP contribution >= 0.6 is 0 Å². The predicted octanol–water partition coefficient (Wildman–Crippen LogP) is 3.98. The molecular weight excluding hydrogens is 428 g/mol. The number of nitrogens with zero attached hydrogens (tertiary/aromatic N) is 3. The molecule has 2 aromatic rings. The van der Waals surface area contributed by atoms with Crippen LogP contribution in [0.3, 0.4) is 0 Å². The molecule has 184 valence electrons. The fraction of sp³-hybridized carbons (Fsp3) is 0.481. The molecule has 0 aromatic heterocycles. The van der Waals surface area contributed by atoms with Crippen LogP contribution in [-0.4, -0.2) is 72.6 Å². The maximum absolute atomic E-state index is 13.2. The molecule has 0 atom stereocenters. The molecule has 7 nitrogen and oxygen atoms in total. The van der Waals surface area contributed by atoms with E-state index in [0.29, 0.717) is 26.2 Å². The topological polar surface area (TPSA) is 65.1 Å². The second-order valence-corrected chi connectivity index (χ2v) is 10.1. The highest BCUT2D eigenvalue weighted by molar-refractivity contribution is 5.81. The molecule has 1 aliphatic heterocycles. The zero-order chi connectivity index (χ0) is 24.7. The number of hydrogen-bond donors (Lipinski definition) is 1. The van der Waals surface area contributed by atoms with Gasteiger partial charge in [-0.25, -0.2) is 4.79 Å². The largest absolute Gasteiger partial charge is 0.444 e. The summed E-state index contributed by atoms with van der Waals surface area (Å²) in [6.45, 7) is 8.94. The summed E-state index contributed by atoms with van der Waals surface area (Å²) in [5.41, 5.74) is 3.73. The highest BCUT2D eigenvalue weighted by atomic mass is 16.6. The fourth-order valence-electron chi connectivity index (χ4n) is 3.93. The van der Waals surface area contributed by atoms with Gasteiger partial charge in [-0.3, -0.25) is 4.79 Å². The van der Waals surface area contributed by atoms with Gasteiger partial charge in [0.25, 0.3) is 0 Å². The van der Waals surface area contributed by atoms with Crippen LogP contribution in [0, 0.1) is 0 Å². The van der Waals surface area contributed by atoms with E-state index in [4.69, 9.17) is 4.74 Å². The summed E-state index contributed by atoms with van der Waals surface area (Å²) >= 11 is 0. The molecular formula is C27H38N4O3. The van der Waals surface area contributed by atoms with Crippen LogP contribution in [0.5, 0.6) is 0 Å². The van der Waals surface area contributed by atoms with E-state index >= 15 is 0 Å². The van der Waals surface area contributed by atoms with E-state index in [9.17, 15) is 9.59 Å². The van der Waals surface area contributed by atoms with Crippen LogP contribution in [0.25, 0.3) is 0 Å². The normalized spacial score (nSPS) is 13.4. The Morgan fingerprint density at radius 1 is 1.03 bits per heavy atom. The number of likely N-dealkylation sites (N-methyl/N-ethyl adjacent to an activating group) is 1. The van der Waals surface area contributed by atoms with Crippen molar-refractivity contribution in [3.8, 4) is 0 Å². The van der Waals surface area contributed by atoms with Crippen LogP contribution in [-0.2, 0) is 29.0 Å². The first-order chi connectivity index (χ1) is 16.1. The molecule has 1 aliphatic rings. The van der Waals surface area contributed by atoms with Crippen molar-refractivity contribution >= 4 is 17.7 Å². The first-order valence-corrected chi connectivity index (χ1v) is 11.9. The molecule has 0 radical (unpaired) electrons. The van der Waals surface area contributed by atoms with Gasteiger partial charge in [0.05, 0.1) is 13.1 Å². The SMILES string of the molecule is CN(C)CCN(Cc1ccccc1)C(=O)CNc1cccc2c1CN(C(=O)OC(C)(C)C)CC2. The van der Waals surface area contributed by atoms with E-state index in [1.807, 2.05) is 82.2 Å². The van der Waals surface area contributed by atoms with Gasteiger partial charge in [-0.15, -0.1) is 0 Å². The van der Waals surface area contributed by atoms with Crippen molar-refractivity contribution in [2.24, 2.45) is 0 Å². The standard InChI is InChI=1S/C27H38N4O3/c1-27(2,3)34-26(33)31-15-14-22-12-9-13-24(23(22)20-31)28-18-25(32)30(17-16-29(4)5)19-21-10-7-6-8-11-21/h6-13,28H,14-20H2,1-5H3. The van der Waals surface area contributed by atoms with E-state index < -0.39 is 5.60 Å². The Balaban J connectivity index is 1.68. The number of amides is 2. The van der Waals surface area contributed by atoms with Crippen molar-refractivity contribution in [3.63, 3.8) is 0 Å². The number of hydrogen-bond acceptors (Lipinski definition) is 5. The molecule has 0 saturated heterocycles. The minimum Gasteiger partial charge on any atom is -0.444 e. The molecule has 2 aromatic carbocycles. The smallest absolute Gasteiger partial charge is 0.410 e. The summed E-state index contributed by atoms with van der Waals surface area (Å²) in [5, 5.41) is 3.35. The van der Waals surface area contributed by atoms with E-state index in [0.717, 1.165) is 29.8 Å². The number of carbonyl (C=O) groups excluding carboxylic acids is 2. The summed E-state index contributed by atoms with van der Waals surface area (Å²) in [6.07, 6.45) is 0.461. The van der Waals surface area contributed by atoms with Gasteiger partial charge >= 0.3 is 6.09 Å². The minimum absolute atomic E-state index is 0.0445. The third-order valence-corrected chi connectivity index (χ3v) is 5.74. The molecule has 0 bridgehead atoms. The summed E-state index contributed by atoms with van der Waals surface area (Å²) in [6, 6.07) is 16.1. The van der Waals surface area contributed by atoms with Crippen molar-refractivity contribution in [1.82, 2.24) is 14.7 Å². The van der Waals surface area contributed by atoms with Gasteiger partial charge in [0, 0.05) is 31.9 Å². The molecule has 0 aliphatic carbocycles. The summed E-state index contributed by atoms with van der Waals surface area (Å²) in [7, 11) is 4.02. The molecule has 0 saturated carbocycles. The summed E-state index contributed by atoms with van der Waals surface area (Å²) in [4.78, 5) is 31.5. The Morgan fingerprint density at radius 2 is 1.76 bits per heavy atom. The lowest BCUT2D eigenvalue weighted by Gasteiger charge is -2.32. The van der Waals surface area contributed by atoms with E-state index in [2.05, 4.69) is 16.3 Å². The van der Waals surface area contributed by atoms with E-state index in [-0.39, 0.29) is 18.5 Å². The monoisotopic (exact) mass is 466 g/mol. The average molecular weight is 467 g/mol. The Labute approximate surface area is 203 Å². The molecule has 7 heteroatoms. The Bertz CT molecular complexity index is 970. The maximum atomic E-state index is 13.2. The molecule has 0 unspecified atom stereocenters. The van der Waals surface area contributed by atoms with Crippen LogP contribution < -0.4 is 5.32 Å². The van der Waals surface area contributed by atoms with E-state index in [1.54, 1.807) is 4.90 Å². The van der Waals surface area contributed by atoms with Gasteiger partial charge in [-0.1, -0.05) is 42.5 Å². The number of ether oxygens (including phenoxy) is 1. The molecule has 0 fully saturated rings. The Hall–Kier alpha value is -3.06. The highest BCUT2D eigenvalue weighted by Gasteiger charge is 2.27. The quantitative estimate of drug-likeness (QED) is 0.638. The zero-order valence-electron chi connectivity index (χ0n) is 21.1. The van der Waals surface area contributed by atoms with Crippen molar-refractivity contribution in [1.29, 1.82) is 0 Å². The number of rotatable bonds is 8. The molecule has 34 heavy (non-hydrogen) atoms. The van der Waals surface area contributed by atoms with Crippen molar-refractivity contribution < 1.29 is 14.3 Å². The van der Waals surface area contributed by atoms with Crippen LogP contribution in [0.1, 0.15) is 37.5 Å². The third-order valence-electron chi connectivity index (χ3n) is 5.74. The number of anilines is 1. The van der Waals surface area contributed by atoms with Gasteiger partial charge in [0.15, 0.2) is 0 Å². The predicted molar refractivity (Wildman–Crippen MR) is 136 cm³/mol. The van der Waals surface area contributed by atoms with Crippen molar-refractivity contribution in [3.05, 3.63) is 65.2 Å². The average Bonchev–Trinajstić information content (AvgIpc) is 2.79.